The number of hydrogen-bond donors (Lipinski definition) is 2. The number of halogens is 1. The Bertz CT molecular complexity index is 773. The van der Waals surface area contributed by atoms with Crippen LogP contribution in [0.4, 0.5) is 10.1 Å². The van der Waals surface area contributed by atoms with Crippen molar-refractivity contribution in [3.8, 4) is 5.75 Å². The normalized spacial score (nSPS) is 10.9. The van der Waals surface area contributed by atoms with Gasteiger partial charge in [-0.1, -0.05) is 12.1 Å². The van der Waals surface area contributed by atoms with Gasteiger partial charge in [0.1, 0.15) is 17.0 Å². The van der Waals surface area contributed by atoms with E-state index in [0.29, 0.717) is 18.7 Å². The van der Waals surface area contributed by atoms with E-state index in [4.69, 9.17) is 4.74 Å². The molecule has 138 valence electrons. The number of methoxy groups -OCH3 is 1. The van der Waals surface area contributed by atoms with Gasteiger partial charge >= 0.3 is 0 Å². The largest absolute Gasteiger partial charge is 0.497 e. The minimum absolute atomic E-state index is 0.375. The number of anilines is 1. The number of ether oxygens (including phenoxy) is 1. The number of hydrogen-bond acceptors (Lipinski definition) is 3. The van der Waals surface area contributed by atoms with E-state index in [2.05, 4.69) is 10.6 Å². The lowest BCUT2D eigenvalue weighted by atomic mass is 9.91. The number of rotatable bonds is 7. The zero-order valence-electron chi connectivity index (χ0n) is 15.1. The van der Waals surface area contributed by atoms with Gasteiger partial charge in [-0.15, -0.1) is 0 Å². The van der Waals surface area contributed by atoms with Crippen LogP contribution in [-0.4, -0.2) is 25.5 Å². The predicted octanol–water partition coefficient (Wildman–Crippen LogP) is 3.16. The van der Waals surface area contributed by atoms with Crippen LogP contribution in [0, 0.1) is 11.2 Å². The topological polar surface area (TPSA) is 67.4 Å². The van der Waals surface area contributed by atoms with Crippen LogP contribution in [0.15, 0.2) is 48.5 Å². The fourth-order valence-electron chi connectivity index (χ4n) is 2.29. The maximum atomic E-state index is 12.9. The molecule has 0 fully saturated rings. The summed E-state index contributed by atoms with van der Waals surface area (Å²) in [6.07, 6.45) is 0.624. The van der Waals surface area contributed by atoms with Gasteiger partial charge in [-0.3, -0.25) is 9.59 Å². The van der Waals surface area contributed by atoms with Gasteiger partial charge in [0.15, 0.2) is 0 Å². The van der Waals surface area contributed by atoms with Crippen LogP contribution in [0.5, 0.6) is 5.75 Å². The Morgan fingerprint density at radius 2 is 1.77 bits per heavy atom. The second-order valence-electron chi connectivity index (χ2n) is 6.44. The van der Waals surface area contributed by atoms with Crippen molar-refractivity contribution >= 4 is 17.5 Å². The quantitative estimate of drug-likeness (QED) is 0.747. The molecule has 0 aliphatic carbocycles. The molecule has 2 aromatic rings. The van der Waals surface area contributed by atoms with Crippen molar-refractivity contribution < 1.29 is 18.7 Å². The Labute approximate surface area is 152 Å². The Hall–Kier alpha value is -2.89. The molecule has 2 N–H and O–H groups in total. The second kappa shape index (κ2) is 8.47. The van der Waals surface area contributed by atoms with Crippen molar-refractivity contribution in [2.45, 2.75) is 20.3 Å². The fourth-order valence-corrected chi connectivity index (χ4v) is 2.29. The lowest BCUT2D eigenvalue weighted by molar-refractivity contribution is -0.138. The van der Waals surface area contributed by atoms with Crippen LogP contribution in [0.3, 0.4) is 0 Å². The summed E-state index contributed by atoms with van der Waals surface area (Å²) in [5.74, 6) is -0.464. The van der Waals surface area contributed by atoms with Crippen molar-refractivity contribution in [2.75, 3.05) is 19.0 Å². The Balaban J connectivity index is 1.89. The third-order valence-corrected chi connectivity index (χ3v) is 4.07. The van der Waals surface area contributed by atoms with Crippen LogP contribution < -0.4 is 15.4 Å². The SMILES string of the molecule is COc1cccc(CCNC(=O)C(C)(C)C(=O)Nc2ccc(F)cc2)c1. The smallest absolute Gasteiger partial charge is 0.239 e. The Morgan fingerprint density at radius 1 is 1.08 bits per heavy atom. The molecular weight excluding hydrogens is 335 g/mol. The first-order valence-corrected chi connectivity index (χ1v) is 8.31. The third kappa shape index (κ3) is 5.05. The first kappa shape index (κ1) is 19.4. The standard InChI is InChI=1S/C20H23FN2O3/c1-20(2,19(25)23-16-9-7-15(21)8-10-16)18(24)22-12-11-14-5-4-6-17(13-14)26-3/h4-10,13H,11-12H2,1-3H3,(H,22,24)(H,23,25). The highest BCUT2D eigenvalue weighted by atomic mass is 19.1. The van der Waals surface area contributed by atoms with E-state index in [1.807, 2.05) is 24.3 Å². The summed E-state index contributed by atoms with van der Waals surface area (Å²) in [7, 11) is 1.60. The first-order valence-electron chi connectivity index (χ1n) is 8.31. The molecule has 0 aliphatic heterocycles. The predicted molar refractivity (Wildman–Crippen MR) is 98.5 cm³/mol. The van der Waals surface area contributed by atoms with E-state index in [-0.39, 0.29) is 5.91 Å². The maximum Gasteiger partial charge on any atom is 0.239 e. The number of benzene rings is 2. The molecule has 2 amide bonds. The lowest BCUT2D eigenvalue weighted by Gasteiger charge is -2.22. The van der Waals surface area contributed by atoms with Crippen LogP contribution in [0.2, 0.25) is 0 Å². The van der Waals surface area contributed by atoms with Gasteiger partial charge in [0.25, 0.3) is 0 Å². The molecule has 0 atom stereocenters. The first-order chi connectivity index (χ1) is 12.3. The van der Waals surface area contributed by atoms with Gasteiger partial charge in [-0.2, -0.15) is 0 Å². The van der Waals surface area contributed by atoms with Crippen molar-refractivity contribution in [3.05, 3.63) is 59.9 Å². The molecule has 0 radical (unpaired) electrons. The summed E-state index contributed by atoms with van der Waals surface area (Å²) in [6, 6.07) is 13.0. The molecule has 0 aromatic heterocycles. The average Bonchev–Trinajstić information content (AvgIpc) is 2.63. The molecule has 26 heavy (non-hydrogen) atoms. The second-order valence-corrected chi connectivity index (χ2v) is 6.44. The number of nitrogens with one attached hydrogen (secondary N) is 2. The number of amides is 2. The minimum Gasteiger partial charge on any atom is -0.497 e. The van der Waals surface area contributed by atoms with Crippen LogP contribution in [-0.2, 0) is 16.0 Å². The van der Waals surface area contributed by atoms with Gasteiger partial charge in [0.05, 0.1) is 7.11 Å². The Kier molecular flexibility index (Phi) is 6.33. The highest BCUT2D eigenvalue weighted by Gasteiger charge is 2.35. The number of carbonyl (C=O) groups is 2. The van der Waals surface area contributed by atoms with E-state index < -0.39 is 17.1 Å². The molecule has 0 heterocycles. The van der Waals surface area contributed by atoms with Crippen LogP contribution >= 0.6 is 0 Å². The van der Waals surface area contributed by atoms with Gasteiger partial charge < -0.3 is 15.4 Å². The summed E-state index contributed by atoms with van der Waals surface area (Å²) in [5.41, 5.74) is 0.204. The highest BCUT2D eigenvalue weighted by molar-refractivity contribution is 6.09. The van der Waals surface area contributed by atoms with E-state index in [0.717, 1.165) is 11.3 Å². The van der Waals surface area contributed by atoms with Gasteiger partial charge in [-0.05, 0) is 62.2 Å². The summed E-state index contributed by atoms with van der Waals surface area (Å²) >= 11 is 0. The molecule has 0 aliphatic rings. The zero-order chi connectivity index (χ0) is 19.2. The van der Waals surface area contributed by atoms with Crippen LogP contribution in [0.25, 0.3) is 0 Å². The van der Waals surface area contributed by atoms with E-state index in [9.17, 15) is 14.0 Å². The molecule has 0 spiro atoms. The minimum atomic E-state index is -1.26. The maximum absolute atomic E-state index is 12.9. The van der Waals surface area contributed by atoms with Crippen molar-refractivity contribution in [1.29, 1.82) is 0 Å². The van der Waals surface area contributed by atoms with Gasteiger partial charge in [-0.25, -0.2) is 4.39 Å². The molecule has 0 saturated carbocycles. The highest BCUT2D eigenvalue weighted by Crippen LogP contribution is 2.19. The summed E-state index contributed by atoms with van der Waals surface area (Å²) in [4.78, 5) is 24.8. The average molecular weight is 358 g/mol. The molecule has 0 unspecified atom stereocenters. The fraction of sp³-hybridized carbons (Fsp3) is 0.300. The van der Waals surface area contributed by atoms with Crippen molar-refractivity contribution in [1.82, 2.24) is 5.32 Å². The van der Waals surface area contributed by atoms with Gasteiger partial charge in [0.2, 0.25) is 11.8 Å². The van der Waals surface area contributed by atoms with E-state index >= 15 is 0 Å². The summed E-state index contributed by atoms with van der Waals surface area (Å²) < 4.78 is 18.1. The lowest BCUT2D eigenvalue weighted by Crippen LogP contribution is -2.45. The van der Waals surface area contributed by atoms with Crippen LogP contribution in [0.1, 0.15) is 19.4 Å². The molecule has 0 saturated heterocycles. The zero-order valence-corrected chi connectivity index (χ0v) is 15.1. The summed E-state index contributed by atoms with van der Waals surface area (Å²) in [5, 5.41) is 5.41. The number of carbonyl (C=O) groups excluding carboxylic acids is 2. The molecular formula is C20H23FN2O3. The molecule has 6 heteroatoms. The van der Waals surface area contributed by atoms with E-state index in [1.54, 1.807) is 21.0 Å². The van der Waals surface area contributed by atoms with Crippen molar-refractivity contribution in [2.24, 2.45) is 5.41 Å². The molecule has 0 bridgehead atoms. The van der Waals surface area contributed by atoms with Gasteiger partial charge in [0, 0.05) is 12.2 Å². The molecule has 5 nitrogen and oxygen atoms in total. The third-order valence-electron chi connectivity index (χ3n) is 4.07. The molecule has 2 rings (SSSR count). The monoisotopic (exact) mass is 358 g/mol. The molecule has 2 aromatic carbocycles. The summed E-state index contributed by atoms with van der Waals surface area (Å²) in [6.45, 7) is 3.50. The van der Waals surface area contributed by atoms with E-state index in [1.165, 1.54) is 24.3 Å². The Morgan fingerprint density at radius 3 is 2.42 bits per heavy atom. The van der Waals surface area contributed by atoms with Crippen molar-refractivity contribution in [3.63, 3.8) is 0 Å².